The van der Waals surface area contributed by atoms with Crippen molar-refractivity contribution in [2.75, 3.05) is 19.8 Å². The lowest BCUT2D eigenvalue weighted by Gasteiger charge is -2.31. The molecule has 0 spiro atoms. The minimum atomic E-state index is 0.713. The zero-order valence-electron chi connectivity index (χ0n) is 9.87. The molecule has 0 aromatic carbocycles. The van der Waals surface area contributed by atoms with E-state index in [0.29, 0.717) is 5.41 Å². The highest BCUT2D eigenvalue weighted by Crippen LogP contribution is 2.50. The van der Waals surface area contributed by atoms with E-state index < -0.39 is 0 Å². The van der Waals surface area contributed by atoms with Crippen LogP contribution in [0, 0.1) is 5.41 Å². The lowest BCUT2D eigenvalue weighted by Crippen LogP contribution is -2.40. The first-order chi connectivity index (χ1) is 7.33. The highest BCUT2D eigenvalue weighted by atomic mass is 16.5. The Morgan fingerprint density at radius 3 is 2.73 bits per heavy atom. The van der Waals surface area contributed by atoms with Crippen molar-refractivity contribution in [3.63, 3.8) is 0 Å². The van der Waals surface area contributed by atoms with E-state index >= 15 is 0 Å². The summed E-state index contributed by atoms with van der Waals surface area (Å²) in [5.41, 5.74) is 0.713. The van der Waals surface area contributed by atoms with Gasteiger partial charge in [-0.3, -0.25) is 4.90 Å². The van der Waals surface area contributed by atoms with Gasteiger partial charge in [-0.1, -0.05) is 6.92 Å². The van der Waals surface area contributed by atoms with Crippen LogP contribution in [0.15, 0.2) is 0 Å². The van der Waals surface area contributed by atoms with Crippen molar-refractivity contribution in [3.8, 4) is 0 Å². The summed E-state index contributed by atoms with van der Waals surface area (Å²) >= 11 is 0. The van der Waals surface area contributed by atoms with Crippen LogP contribution in [-0.2, 0) is 4.74 Å². The van der Waals surface area contributed by atoms with Crippen molar-refractivity contribution in [1.82, 2.24) is 4.90 Å². The van der Waals surface area contributed by atoms with Gasteiger partial charge in [-0.2, -0.15) is 0 Å². The summed E-state index contributed by atoms with van der Waals surface area (Å²) < 4.78 is 5.69. The third kappa shape index (κ3) is 1.83. The normalized spacial score (nSPS) is 39.0. The van der Waals surface area contributed by atoms with E-state index in [9.17, 15) is 0 Å². The quantitative estimate of drug-likeness (QED) is 0.708. The molecule has 15 heavy (non-hydrogen) atoms. The van der Waals surface area contributed by atoms with Crippen LogP contribution in [0.1, 0.15) is 45.4 Å². The number of ether oxygens (including phenoxy) is 1. The largest absolute Gasteiger partial charge is 0.380 e. The molecule has 86 valence electrons. The molecular formula is C13H23NO. The van der Waals surface area contributed by atoms with Gasteiger partial charge in [0.25, 0.3) is 0 Å². The molecule has 2 heteroatoms. The Bertz CT molecular complexity index is 223. The lowest BCUT2D eigenvalue weighted by molar-refractivity contribution is 0.0977. The van der Waals surface area contributed by atoms with E-state index in [0.717, 1.165) is 25.3 Å². The maximum Gasteiger partial charge on any atom is 0.0621 e. The predicted octanol–water partition coefficient (Wildman–Crippen LogP) is 2.43. The molecule has 0 aromatic heterocycles. The fraction of sp³-hybridized carbons (Fsp3) is 1.00. The van der Waals surface area contributed by atoms with Crippen molar-refractivity contribution >= 4 is 0 Å². The predicted molar refractivity (Wildman–Crippen MR) is 60.9 cm³/mol. The molecule has 2 nitrogen and oxygen atoms in total. The first kappa shape index (κ1) is 10.1. The summed E-state index contributed by atoms with van der Waals surface area (Å²) in [6.45, 7) is 5.72. The molecule has 0 amide bonds. The van der Waals surface area contributed by atoms with Gasteiger partial charge in [0.15, 0.2) is 0 Å². The SMILES string of the molecule is CCC1(CN2C3CCOCC2CC3)CC1. The molecule has 2 heterocycles. The van der Waals surface area contributed by atoms with Gasteiger partial charge in [0.05, 0.1) is 6.61 Å². The average Bonchev–Trinajstić information content (AvgIpc) is 2.91. The van der Waals surface area contributed by atoms with E-state index in [4.69, 9.17) is 4.74 Å². The van der Waals surface area contributed by atoms with Crippen molar-refractivity contribution < 1.29 is 4.74 Å². The number of nitrogens with zero attached hydrogens (tertiary/aromatic N) is 1. The zero-order chi connectivity index (χ0) is 10.3. The van der Waals surface area contributed by atoms with Crippen LogP contribution in [0.3, 0.4) is 0 Å². The van der Waals surface area contributed by atoms with Gasteiger partial charge < -0.3 is 4.74 Å². The molecule has 1 aliphatic carbocycles. The van der Waals surface area contributed by atoms with E-state index in [1.807, 2.05) is 0 Å². The summed E-state index contributed by atoms with van der Waals surface area (Å²) in [7, 11) is 0. The van der Waals surface area contributed by atoms with Crippen LogP contribution in [-0.4, -0.2) is 36.7 Å². The van der Waals surface area contributed by atoms with Crippen LogP contribution < -0.4 is 0 Å². The Labute approximate surface area is 93.0 Å². The second-order valence-electron chi connectivity index (χ2n) is 5.77. The first-order valence-electron chi connectivity index (χ1n) is 6.66. The summed E-state index contributed by atoms with van der Waals surface area (Å²) in [5.74, 6) is 0. The molecule has 0 N–H and O–H groups in total. The molecule has 0 aromatic rings. The monoisotopic (exact) mass is 209 g/mol. The number of hydrogen-bond acceptors (Lipinski definition) is 2. The minimum absolute atomic E-state index is 0.713. The lowest BCUT2D eigenvalue weighted by atomic mass is 10.0. The van der Waals surface area contributed by atoms with Crippen molar-refractivity contribution in [1.29, 1.82) is 0 Å². The number of fused-ring (bicyclic) bond motifs is 2. The van der Waals surface area contributed by atoms with Gasteiger partial charge in [-0.15, -0.1) is 0 Å². The van der Waals surface area contributed by atoms with Crippen LogP contribution in [0.25, 0.3) is 0 Å². The molecule has 2 bridgehead atoms. The van der Waals surface area contributed by atoms with Gasteiger partial charge in [0.1, 0.15) is 0 Å². The molecule has 0 radical (unpaired) electrons. The molecule has 2 saturated heterocycles. The molecule has 2 aliphatic heterocycles. The van der Waals surface area contributed by atoms with Gasteiger partial charge >= 0.3 is 0 Å². The topological polar surface area (TPSA) is 12.5 Å². The second-order valence-corrected chi connectivity index (χ2v) is 5.77. The van der Waals surface area contributed by atoms with Crippen LogP contribution in [0.4, 0.5) is 0 Å². The van der Waals surface area contributed by atoms with Gasteiger partial charge in [-0.05, 0) is 43.9 Å². The smallest absolute Gasteiger partial charge is 0.0621 e. The fourth-order valence-corrected chi connectivity index (χ4v) is 3.39. The van der Waals surface area contributed by atoms with E-state index in [1.165, 1.54) is 45.1 Å². The van der Waals surface area contributed by atoms with Gasteiger partial charge in [0, 0.05) is 25.2 Å². The van der Waals surface area contributed by atoms with E-state index in [2.05, 4.69) is 11.8 Å². The maximum absolute atomic E-state index is 5.69. The van der Waals surface area contributed by atoms with Gasteiger partial charge in [0.2, 0.25) is 0 Å². The Hall–Kier alpha value is -0.0800. The Kier molecular flexibility index (Phi) is 2.52. The zero-order valence-corrected chi connectivity index (χ0v) is 9.87. The third-order valence-electron chi connectivity index (χ3n) is 4.90. The Balaban J connectivity index is 1.69. The molecule has 3 rings (SSSR count). The molecule has 1 saturated carbocycles. The average molecular weight is 209 g/mol. The van der Waals surface area contributed by atoms with Crippen LogP contribution >= 0.6 is 0 Å². The molecule has 2 unspecified atom stereocenters. The first-order valence-corrected chi connectivity index (χ1v) is 6.66. The summed E-state index contributed by atoms with van der Waals surface area (Å²) in [5, 5.41) is 0. The molecule has 3 aliphatic rings. The van der Waals surface area contributed by atoms with E-state index in [1.54, 1.807) is 0 Å². The Morgan fingerprint density at radius 2 is 2.00 bits per heavy atom. The minimum Gasteiger partial charge on any atom is -0.380 e. The fourth-order valence-electron chi connectivity index (χ4n) is 3.39. The summed E-state index contributed by atoms with van der Waals surface area (Å²) in [6.07, 6.45) is 8.40. The number of rotatable bonds is 3. The summed E-state index contributed by atoms with van der Waals surface area (Å²) in [6, 6.07) is 1.60. The highest BCUT2D eigenvalue weighted by molar-refractivity contribution is 4.99. The Morgan fingerprint density at radius 1 is 1.20 bits per heavy atom. The third-order valence-corrected chi connectivity index (χ3v) is 4.90. The maximum atomic E-state index is 5.69. The van der Waals surface area contributed by atoms with Crippen molar-refractivity contribution in [2.24, 2.45) is 5.41 Å². The molecule has 2 atom stereocenters. The van der Waals surface area contributed by atoms with Gasteiger partial charge in [-0.25, -0.2) is 0 Å². The van der Waals surface area contributed by atoms with E-state index in [-0.39, 0.29) is 0 Å². The number of hydrogen-bond donors (Lipinski definition) is 0. The van der Waals surface area contributed by atoms with Crippen LogP contribution in [0.2, 0.25) is 0 Å². The standard InChI is InChI=1S/C13H23NO/c1-2-13(6-7-13)10-14-11-3-4-12(14)9-15-8-5-11/h11-12H,2-10H2,1H3. The van der Waals surface area contributed by atoms with Crippen LogP contribution in [0.5, 0.6) is 0 Å². The van der Waals surface area contributed by atoms with Crippen molar-refractivity contribution in [3.05, 3.63) is 0 Å². The molecule has 3 fully saturated rings. The summed E-state index contributed by atoms with van der Waals surface area (Å²) in [4.78, 5) is 2.80. The highest BCUT2D eigenvalue weighted by Gasteiger charge is 2.46. The second kappa shape index (κ2) is 3.74. The van der Waals surface area contributed by atoms with Crippen molar-refractivity contribution in [2.45, 2.75) is 57.5 Å². The molecular weight excluding hydrogens is 186 g/mol.